The van der Waals surface area contributed by atoms with Gasteiger partial charge in [-0.25, -0.2) is 0 Å². The lowest BCUT2D eigenvalue weighted by molar-refractivity contribution is -0.124. The van der Waals surface area contributed by atoms with Crippen molar-refractivity contribution in [1.82, 2.24) is 0 Å². The molecule has 0 heterocycles. The average molecular weight is 234 g/mol. The molecule has 1 nitrogen and oxygen atoms in total. The SMILES string of the molecule is CC1=C[C@@]2([C@@H](C)CC(C)C)CC[C@](C)(C2)C1=O. The van der Waals surface area contributed by atoms with Crippen LogP contribution < -0.4 is 0 Å². The van der Waals surface area contributed by atoms with Crippen molar-refractivity contribution >= 4 is 5.78 Å². The Morgan fingerprint density at radius 2 is 1.94 bits per heavy atom. The summed E-state index contributed by atoms with van der Waals surface area (Å²) >= 11 is 0. The van der Waals surface area contributed by atoms with E-state index in [4.69, 9.17) is 0 Å². The van der Waals surface area contributed by atoms with Gasteiger partial charge in [0.1, 0.15) is 0 Å². The molecule has 17 heavy (non-hydrogen) atoms. The standard InChI is InChI=1S/C16H26O/c1-11(2)8-13(4)16-7-6-15(5,10-16)14(17)12(3)9-16/h9,11,13H,6-8,10H2,1-5H3/t13-,15+,16-/m0/s1. The van der Waals surface area contributed by atoms with Crippen LogP contribution in [0.5, 0.6) is 0 Å². The fourth-order valence-electron chi connectivity index (χ4n) is 4.21. The van der Waals surface area contributed by atoms with Crippen LogP contribution in [0.15, 0.2) is 11.6 Å². The van der Waals surface area contributed by atoms with E-state index >= 15 is 0 Å². The van der Waals surface area contributed by atoms with Gasteiger partial charge in [0.2, 0.25) is 0 Å². The number of Topliss-reactive ketones (excluding diaryl/α,β-unsaturated/α-hetero) is 1. The minimum atomic E-state index is -0.0515. The van der Waals surface area contributed by atoms with Gasteiger partial charge in [0.15, 0.2) is 5.78 Å². The number of fused-ring (bicyclic) bond motifs is 2. The van der Waals surface area contributed by atoms with Crippen LogP contribution in [0.1, 0.15) is 60.3 Å². The second-order valence-corrected chi connectivity index (χ2v) is 7.16. The van der Waals surface area contributed by atoms with Crippen molar-refractivity contribution < 1.29 is 4.79 Å². The smallest absolute Gasteiger partial charge is 0.164 e. The van der Waals surface area contributed by atoms with Crippen LogP contribution in [0.25, 0.3) is 0 Å². The van der Waals surface area contributed by atoms with Gasteiger partial charge in [0, 0.05) is 5.41 Å². The zero-order chi connectivity index (χ0) is 12.8. The summed E-state index contributed by atoms with van der Waals surface area (Å²) in [6.45, 7) is 11.2. The van der Waals surface area contributed by atoms with Gasteiger partial charge in [0.05, 0.1) is 0 Å². The summed E-state index contributed by atoms with van der Waals surface area (Å²) in [6, 6.07) is 0. The number of hydrogen-bond acceptors (Lipinski definition) is 1. The third-order valence-electron chi connectivity index (χ3n) is 5.08. The maximum Gasteiger partial charge on any atom is 0.164 e. The second-order valence-electron chi connectivity index (χ2n) is 7.16. The van der Waals surface area contributed by atoms with Crippen molar-refractivity contribution in [2.24, 2.45) is 22.7 Å². The predicted octanol–water partition coefficient (Wildman–Crippen LogP) is 4.37. The van der Waals surface area contributed by atoms with Gasteiger partial charge in [-0.1, -0.05) is 33.8 Å². The van der Waals surface area contributed by atoms with Crippen molar-refractivity contribution in [1.29, 1.82) is 0 Å². The van der Waals surface area contributed by atoms with Crippen molar-refractivity contribution in [3.8, 4) is 0 Å². The second kappa shape index (κ2) is 3.96. The first-order valence-corrected chi connectivity index (χ1v) is 7.03. The molecule has 0 radical (unpaired) electrons. The van der Waals surface area contributed by atoms with Gasteiger partial charge < -0.3 is 0 Å². The summed E-state index contributed by atoms with van der Waals surface area (Å²) in [6.07, 6.45) is 6.97. The number of allylic oxidation sites excluding steroid dienone is 2. The molecule has 2 aliphatic carbocycles. The number of carbonyl (C=O) groups is 1. The van der Waals surface area contributed by atoms with Crippen LogP contribution in [0.3, 0.4) is 0 Å². The highest BCUT2D eigenvalue weighted by Crippen LogP contribution is 2.59. The Morgan fingerprint density at radius 1 is 1.29 bits per heavy atom. The number of rotatable bonds is 3. The van der Waals surface area contributed by atoms with Crippen LogP contribution in [0, 0.1) is 22.7 Å². The molecule has 0 saturated heterocycles. The van der Waals surface area contributed by atoms with Gasteiger partial charge in [-0.3, -0.25) is 4.79 Å². The van der Waals surface area contributed by atoms with Crippen LogP contribution in [-0.2, 0) is 4.79 Å². The molecule has 96 valence electrons. The van der Waals surface area contributed by atoms with E-state index in [1.807, 2.05) is 6.92 Å². The molecule has 0 amide bonds. The summed E-state index contributed by atoms with van der Waals surface area (Å²) in [5.41, 5.74) is 1.29. The first-order valence-electron chi connectivity index (χ1n) is 7.03. The molecule has 2 aliphatic rings. The Labute approximate surface area is 106 Å². The van der Waals surface area contributed by atoms with E-state index in [1.165, 1.54) is 12.8 Å². The molecule has 1 saturated carbocycles. The van der Waals surface area contributed by atoms with Crippen LogP contribution in [-0.4, -0.2) is 5.78 Å². The Hall–Kier alpha value is -0.590. The zero-order valence-electron chi connectivity index (χ0n) is 12.0. The maximum atomic E-state index is 12.2. The minimum Gasteiger partial charge on any atom is -0.294 e. The van der Waals surface area contributed by atoms with Gasteiger partial charge in [0.25, 0.3) is 0 Å². The molecule has 2 bridgehead atoms. The maximum absolute atomic E-state index is 12.2. The van der Waals surface area contributed by atoms with Gasteiger partial charge in [-0.15, -0.1) is 0 Å². The number of ketones is 1. The molecule has 0 spiro atoms. The Kier molecular flexibility index (Phi) is 3.00. The van der Waals surface area contributed by atoms with Crippen molar-refractivity contribution in [2.45, 2.75) is 60.3 Å². The van der Waals surface area contributed by atoms with Crippen molar-refractivity contribution in [3.05, 3.63) is 11.6 Å². The highest BCUT2D eigenvalue weighted by molar-refractivity contribution is 6.00. The molecule has 1 heteroatoms. The summed E-state index contributed by atoms with van der Waals surface area (Å²) in [7, 11) is 0. The van der Waals surface area contributed by atoms with Crippen LogP contribution >= 0.6 is 0 Å². The first kappa shape index (κ1) is 12.9. The third-order valence-corrected chi connectivity index (χ3v) is 5.08. The topological polar surface area (TPSA) is 17.1 Å². The molecule has 0 unspecified atom stereocenters. The monoisotopic (exact) mass is 234 g/mol. The van der Waals surface area contributed by atoms with E-state index in [2.05, 4.69) is 33.8 Å². The minimum absolute atomic E-state index is 0.0515. The fraction of sp³-hybridized carbons (Fsp3) is 0.812. The van der Waals surface area contributed by atoms with Crippen LogP contribution in [0.2, 0.25) is 0 Å². The Bertz CT molecular complexity index is 366. The third kappa shape index (κ3) is 1.98. The molecule has 0 aliphatic heterocycles. The van der Waals surface area contributed by atoms with E-state index in [-0.39, 0.29) is 5.41 Å². The van der Waals surface area contributed by atoms with E-state index in [9.17, 15) is 4.79 Å². The van der Waals surface area contributed by atoms with E-state index < -0.39 is 0 Å². The molecule has 0 aromatic heterocycles. The van der Waals surface area contributed by atoms with Gasteiger partial charge >= 0.3 is 0 Å². The highest BCUT2D eigenvalue weighted by Gasteiger charge is 2.53. The molecule has 3 atom stereocenters. The molecule has 1 fully saturated rings. The van der Waals surface area contributed by atoms with Crippen LogP contribution in [0.4, 0.5) is 0 Å². The zero-order valence-corrected chi connectivity index (χ0v) is 12.0. The summed E-state index contributed by atoms with van der Waals surface area (Å²) in [5.74, 6) is 1.85. The lowest BCUT2D eigenvalue weighted by atomic mass is 9.64. The van der Waals surface area contributed by atoms with E-state index in [0.717, 1.165) is 24.3 Å². The molecule has 0 N–H and O–H groups in total. The molecule has 0 aromatic carbocycles. The lowest BCUT2D eigenvalue weighted by Gasteiger charge is -2.39. The predicted molar refractivity (Wildman–Crippen MR) is 71.8 cm³/mol. The van der Waals surface area contributed by atoms with Gasteiger partial charge in [-0.2, -0.15) is 0 Å². The molecular formula is C16H26O. The first-order chi connectivity index (χ1) is 7.79. The summed E-state index contributed by atoms with van der Waals surface area (Å²) in [4.78, 5) is 12.2. The summed E-state index contributed by atoms with van der Waals surface area (Å²) in [5, 5.41) is 0. The van der Waals surface area contributed by atoms with E-state index in [1.54, 1.807) is 0 Å². The average Bonchev–Trinajstić information content (AvgIpc) is 2.52. The molecule has 0 aromatic rings. The fourth-order valence-corrected chi connectivity index (χ4v) is 4.21. The lowest BCUT2D eigenvalue weighted by Crippen LogP contribution is -2.35. The summed E-state index contributed by atoms with van der Waals surface area (Å²) < 4.78 is 0. The van der Waals surface area contributed by atoms with Gasteiger partial charge in [-0.05, 0) is 55.4 Å². The normalized spacial score (nSPS) is 38.5. The van der Waals surface area contributed by atoms with Crippen molar-refractivity contribution in [2.75, 3.05) is 0 Å². The number of hydrogen-bond donors (Lipinski definition) is 0. The highest BCUT2D eigenvalue weighted by atomic mass is 16.1. The molecule has 2 rings (SSSR count). The van der Waals surface area contributed by atoms with Crippen molar-refractivity contribution in [3.63, 3.8) is 0 Å². The Balaban J connectivity index is 2.30. The van der Waals surface area contributed by atoms with E-state index in [0.29, 0.717) is 17.1 Å². The quantitative estimate of drug-likeness (QED) is 0.708. The molecular weight excluding hydrogens is 208 g/mol. The number of carbonyl (C=O) groups excluding carboxylic acids is 1. The largest absolute Gasteiger partial charge is 0.294 e. The Morgan fingerprint density at radius 3 is 2.53 bits per heavy atom.